The molecule has 182 valence electrons. The first-order valence-corrected chi connectivity index (χ1v) is 11.8. The van der Waals surface area contributed by atoms with Crippen LogP contribution in [0.5, 0.6) is 11.5 Å². The Morgan fingerprint density at radius 3 is 2.41 bits per heavy atom. The SMILES string of the molecule is COC(=O)[C@@H]1[C@H](C(=O)OC)[C@]23C=C[C@@]1(OC)[C@@]1(C)Oc4c(OC)ccc5c4[C@]21CCN(C)[C@@H]3C5. The number of carbonyl (C=O) groups excluding carboxylic acids is 2. The monoisotopic (exact) mass is 469 g/mol. The summed E-state index contributed by atoms with van der Waals surface area (Å²) in [5.74, 6) is -1.34. The lowest BCUT2D eigenvalue weighted by atomic mass is 9.30. The van der Waals surface area contributed by atoms with Gasteiger partial charge in [0.15, 0.2) is 17.1 Å². The van der Waals surface area contributed by atoms with Crippen LogP contribution < -0.4 is 9.47 Å². The van der Waals surface area contributed by atoms with E-state index in [1.807, 2.05) is 19.1 Å². The maximum atomic E-state index is 13.7. The van der Waals surface area contributed by atoms with Crippen LogP contribution in [0, 0.1) is 17.3 Å². The maximum Gasteiger partial charge on any atom is 0.313 e. The van der Waals surface area contributed by atoms with Gasteiger partial charge < -0.3 is 28.6 Å². The van der Waals surface area contributed by atoms with Crippen molar-refractivity contribution in [1.29, 1.82) is 0 Å². The Hall–Kier alpha value is -2.58. The molecular weight excluding hydrogens is 438 g/mol. The van der Waals surface area contributed by atoms with Crippen LogP contribution in [0.1, 0.15) is 24.5 Å². The minimum atomic E-state index is -1.25. The van der Waals surface area contributed by atoms with E-state index in [0.29, 0.717) is 11.5 Å². The van der Waals surface area contributed by atoms with Gasteiger partial charge in [0.2, 0.25) is 0 Å². The molecule has 0 unspecified atom stereocenters. The molecule has 6 aliphatic rings. The third kappa shape index (κ3) is 1.88. The molecule has 2 aliphatic heterocycles. The summed E-state index contributed by atoms with van der Waals surface area (Å²) in [5, 5.41) is 0. The smallest absolute Gasteiger partial charge is 0.313 e. The second-order valence-electron chi connectivity index (χ2n) is 10.4. The number of fused-ring (bicyclic) bond motifs is 1. The number of hydrogen-bond donors (Lipinski definition) is 0. The topological polar surface area (TPSA) is 83.5 Å². The molecular formula is C26H31NO7. The fourth-order valence-corrected chi connectivity index (χ4v) is 8.80. The van der Waals surface area contributed by atoms with Gasteiger partial charge in [-0.05, 0) is 45.0 Å². The molecule has 2 heterocycles. The van der Waals surface area contributed by atoms with Crippen molar-refractivity contribution in [1.82, 2.24) is 4.90 Å². The largest absolute Gasteiger partial charge is 0.493 e. The van der Waals surface area contributed by atoms with Crippen LogP contribution in [-0.4, -0.2) is 76.1 Å². The lowest BCUT2D eigenvalue weighted by Crippen LogP contribution is -2.87. The molecule has 8 nitrogen and oxygen atoms in total. The van der Waals surface area contributed by atoms with Gasteiger partial charge in [-0.3, -0.25) is 9.59 Å². The zero-order chi connectivity index (χ0) is 24.3. The highest BCUT2D eigenvalue weighted by Gasteiger charge is 2.88. The Bertz CT molecular complexity index is 1150. The molecule has 2 fully saturated rings. The minimum Gasteiger partial charge on any atom is -0.493 e. The number of piperidine rings is 1. The molecule has 4 bridgehead atoms. The summed E-state index contributed by atoms with van der Waals surface area (Å²) in [4.78, 5) is 29.5. The van der Waals surface area contributed by atoms with E-state index in [0.717, 1.165) is 24.9 Å². The number of benzene rings is 1. The van der Waals surface area contributed by atoms with Gasteiger partial charge in [-0.2, -0.15) is 0 Å². The average molecular weight is 470 g/mol. The Labute approximate surface area is 199 Å². The van der Waals surface area contributed by atoms with E-state index >= 15 is 0 Å². The maximum absolute atomic E-state index is 13.7. The number of hydrogen-bond acceptors (Lipinski definition) is 8. The van der Waals surface area contributed by atoms with Crippen molar-refractivity contribution in [2.75, 3.05) is 42.0 Å². The molecule has 1 aromatic carbocycles. The first kappa shape index (κ1) is 21.9. The molecule has 2 spiro atoms. The van der Waals surface area contributed by atoms with Crippen LogP contribution in [0.25, 0.3) is 0 Å². The van der Waals surface area contributed by atoms with Crippen molar-refractivity contribution >= 4 is 11.9 Å². The number of carbonyl (C=O) groups is 2. The van der Waals surface area contributed by atoms with Gasteiger partial charge in [-0.1, -0.05) is 18.2 Å². The highest BCUT2D eigenvalue weighted by atomic mass is 16.6. The number of likely N-dealkylation sites (N-methyl/N-ethyl adjacent to an activating group) is 1. The van der Waals surface area contributed by atoms with Crippen molar-refractivity contribution in [2.24, 2.45) is 17.3 Å². The number of rotatable bonds is 4. The number of methoxy groups -OCH3 is 4. The van der Waals surface area contributed by atoms with Crippen molar-refractivity contribution in [2.45, 2.75) is 42.4 Å². The van der Waals surface area contributed by atoms with Gasteiger partial charge in [-0.15, -0.1) is 0 Å². The van der Waals surface area contributed by atoms with Crippen molar-refractivity contribution < 1.29 is 33.3 Å². The molecule has 1 aromatic rings. The minimum absolute atomic E-state index is 0.0429. The Balaban J connectivity index is 1.80. The lowest BCUT2D eigenvalue weighted by Gasteiger charge is -2.75. The number of ether oxygens (including phenoxy) is 5. The summed E-state index contributed by atoms with van der Waals surface area (Å²) in [6.07, 6.45) is 5.55. The number of esters is 2. The van der Waals surface area contributed by atoms with Crippen LogP contribution in [-0.2, 0) is 35.6 Å². The Kier molecular flexibility index (Phi) is 4.22. The Morgan fingerprint density at radius 2 is 1.76 bits per heavy atom. The van der Waals surface area contributed by atoms with Crippen LogP contribution in [0.4, 0.5) is 0 Å². The second-order valence-corrected chi connectivity index (χ2v) is 10.4. The highest BCUT2D eigenvalue weighted by molar-refractivity contribution is 5.88. The van der Waals surface area contributed by atoms with E-state index in [-0.39, 0.29) is 6.04 Å². The predicted molar refractivity (Wildman–Crippen MR) is 121 cm³/mol. The number of nitrogens with zero attached hydrogens (tertiary/aromatic N) is 1. The summed E-state index contributed by atoms with van der Waals surface area (Å²) in [7, 11) is 8.03. The van der Waals surface area contributed by atoms with Gasteiger partial charge in [0, 0.05) is 24.1 Å². The molecule has 34 heavy (non-hydrogen) atoms. The van der Waals surface area contributed by atoms with E-state index in [1.165, 1.54) is 19.8 Å². The van der Waals surface area contributed by atoms with E-state index in [2.05, 4.69) is 24.1 Å². The molecule has 7 rings (SSSR count). The second kappa shape index (κ2) is 6.55. The van der Waals surface area contributed by atoms with Crippen molar-refractivity contribution in [3.05, 3.63) is 35.4 Å². The van der Waals surface area contributed by atoms with Crippen LogP contribution >= 0.6 is 0 Å². The third-order valence-electron chi connectivity index (χ3n) is 9.96. The van der Waals surface area contributed by atoms with E-state index in [1.54, 1.807) is 14.2 Å². The van der Waals surface area contributed by atoms with Crippen LogP contribution in [0.3, 0.4) is 0 Å². The van der Waals surface area contributed by atoms with Gasteiger partial charge in [0.1, 0.15) is 11.5 Å². The number of likely N-dealkylation sites (tertiary alicyclic amines) is 1. The first-order valence-electron chi connectivity index (χ1n) is 11.8. The third-order valence-corrected chi connectivity index (χ3v) is 9.96. The van der Waals surface area contributed by atoms with Crippen molar-refractivity contribution in [3.8, 4) is 11.5 Å². The van der Waals surface area contributed by atoms with Gasteiger partial charge in [-0.25, -0.2) is 0 Å². The Morgan fingerprint density at radius 1 is 1.06 bits per heavy atom. The van der Waals surface area contributed by atoms with E-state index in [4.69, 9.17) is 23.7 Å². The van der Waals surface area contributed by atoms with Gasteiger partial charge in [0.05, 0.1) is 32.7 Å². The fraction of sp³-hybridized carbons (Fsp3) is 0.615. The first-order chi connectivity index (χ1) is 16.2. The van der Waals surface area contributed by atoms with Crippen LogP contribution in [0.2, 0.25) is 0 Å². The summed E-state index contributed by atoms with van der Waals surface area (Å²) in [6.45, 7) is 2.86. The summed E-state index contributed by atoms with van der Waals surface area (Å²) >= 11 is 0. The molecule has 7 atom stereocenters. The van der Waals surface area contributed by atoms with E-state index in [9.17, 15) is 9.59 Å². The summed E-state index contributed by atoms with van der Waals surface area (Å²) < 4.78 is 29.7. The van der Waals surface area contributed by atoms with Gasteiger partial charge >= 0.3 is 11.9 Å². The molecule has 0 aromatic heterocycles. The lowest BCUT2D eigenvalue weighted by molar-refractivity contribution is -0.282. The fourth-order valence-electron chi connectivity index (χ4n) is 8.80. The van der Waals surface area contributed by atoms with Crippen LogP contribution in [0.15, 0.2) is 24.3 Å². The van der Waals surface area contributed by atoms with E-state index < -0.39 is 45.8 Å². The van der Waals surface area contributed by atoms with Crippen molar-refractivity contribution in [3.63, 3.8) is 0 Å². The zero-order valence-electron chi connectivity index (χ0n) is 20.5. The summed E-state index contributed by atoms with van der Waals surface area (Å²) in [6, 6.07) is 4.02. The molecule has 0 amide bonds. The molecule has 1 saturated heterocycles. The quantitative estimate of drug-likeness (QED) is 0.488. The molecule has 0 N–H and O–H groups in total. The average Bonchev–Trinajstić information content (AvgIpc) is 3.14. The summed E-state index contributed by atoms with van der Waals surface area (Å²) in [5.41, 5.74) is -1.35. The predicted octanol–water partition coefficient (Wildman–Crippen LogP) is 1.88. The molecule has 0 radical (unpaired) electrons. The van der Waals surface area contributed by atoms with Gasteiger partial charge in [0.25, 0.3) is 0 Å². The zero-order valence-corrected chi connectivity index (χ0v) is 20.5. The molecule has 4 aliphatic carbocycles. The normalized spacial score (nSPS) is 42.6. The molecule has 8 heteroatoms. The highest BCUT2D eigenvalue weighted by Crippen LogP contribution is 2.79. The standard InChI is InChI=1S/C26H31NO7/c1-23-25-11-12-27(2)16(13-14-7-8-15(30-3)20(34-23)17(14)25)24(25)9-10-26(23,33-6)19(22(29)32-5)18(24)21(28)31-4/h7-10,16,18-19H,11-13H2,1-6H3/t16-,18-,19+,23+,24-,25+,26+/m1/s1. The molecule has 1 saturated carbocycles.